The summed E-state index contributed by atoms with van der Waals surface area (Å²) in [5.41, 5.74) is 3.30. The van der Waals surface area contributed by atoms with Crippen molar-refractivity contribution in [1.29, 1.82) is 0 Å². The fraction of sp³-hybridized carbons (Fsp3) is 0.364. The van der Waals surface area contributed by atoms with Crippen LogP contribution >= 0.6 is 11.8 Å². The van der Waals surface area contributed by atoms with Crippen molar-refractivity contribution in [3.63, 3.8) is 0 Å². The van der Waals surface area contributed by atoms with Gasteiger partial charge in [0.15, 0.2) is 0 Å². The Morgan fingerprint density at radius 3 is 2.89 bits per heavy atom. The van der Waals surface area contributed by atoms with E-state index in [2.05, 4.69) is 5.43 Å². The molecular formula is C11H15N3O4S. The first-order chi connectivity index (χ1) is 9.08. The Morgan fingerprint density at radius 1 is 1.58 bits per heavy atom. The molecule has 0 aliphatic carbocycles. The lowest BCUT2D eigenvalue weighted by Gasteiger charge is -2.06. The molecule has 19 heavy (non-hydrogen) atoms. The average Bonchev–Trinajstić information content (AvgIpc) is 2.38. The molecular weight excluding hydrogens is 270 g/mol. The van der Waals surface area contributed by atoms with Gasteiger partial charge in [0, 0.05) is 11.8 Å². The van der Waals surface area contributed by atoms with Crippen LogP contribution in [0.2, 0.25) is 0 Å². The molecule has 0 heterocycles. The molecule has 104 valence electrons. The Balaban J connectivity index is 2.60. The number of esters is 1. The van der Waals surface area contributed by atoms with Crippen LogP contribution < -0.4 is 11.3 Å². The predicted molar refractivity (Wildman–Crippen MR) is 73.7 cm³/mol. The molecule has 0 radical (unpaired) electrons. The number of nitrogen functional groups attached to an aromatic ring is 1. The van der Waals surface area contributed by atoms with E-state index >= 15 is 0 Å². The van der Waals surface area contributed by atoms with Crippen LogP contribution in [-0.2, 0) is 15.3 Å². The van der Waals surface area contributed by atoms with Crippen molar-refractivity contribution in [1.82, 2.24) is 0 Å². The number of carbonyl (C=O) groups excluding carboxylic acids is 1. The van der Waals surface area contributed by atoms with Crippen LogP contribution in [0.1, 0.15) is 12.5 Å². The van der Waals surface area contributed by atoms with E-state index in [1.54, 1.807) is 19.1 Å². The second kappa shape index (κ2) is 7.59. The minimum absolute atomic E-state index is 0.0818. The van der Waals surface area contributed by atoms with Crippen LogP contribution in [-0.4, -0.2) is 23.3 Å². The smallest absolute Gasteiger partial charge is 0.315 e. The summed E-state index contributed by atoms with van der Waals surface area (Å²) in [5, 5.41) is 10.7. The summed E-state index contributed by atoms with van der Waals surface area (Å²) in [6.45, 7) is 2.11. The molecule has 0 fully saturated rings. The Labute approximate surface area is 114 Å². The molecule has 8 heteroatoms. The number of carbonyl (C=O) groups is 1. The first-order valence-electron chi connectivity index (χ1n) is 5.55. The first-order valence-corrected chi connectivity index (χ1v) is 6.71. The van der Waals surface area contributed by atoms with Crippen molar-refractivity contribution < 1.29 is 14.5 Å². The molecule has 1 aromatic carbocycles. The zero-order valence-corrected chi connectivity index (χ0v) is 11.2. The quantitative estimate of drug-likeness (QED) is 0.339. The monoisotopic (exact) mass is 285 g/mol. The predicted octanol–water partition coefficient (Wildman–Crippen LogP) is 1.68. The summed E-state index contributed by atoms with van der Waals surface area (Å²) in [7, 11) is 0. The first kappa shape index (κ1) is 15.3. The molecule has 0 unspecified atom stereocenters. The summed E-state index contributed by atoms with van der Waals surface area (Å²) in [5.74, 6) is 5.76. The van der Waals surface area contributed by atoms with Crippen molar-refractivity contribution in [3.05, 3.63) is 33.9 Å². The van der Waals surface area contributed by atoms with Gasteiger partial charge in [-0.1, -0.05) is 6.07 Å². The number of rotatable bonds is 7. The highest BCUT2D eigenvalue weighted by Gasteiger charge is 2.13. The van der Waals surface area contributed by atoms with Crippen molar-refractivity contribution in [2.24, 2.45) is 5.84 Å². The third-order valence-corrected chi connectivity index (χ3v) is 3.18. The topological polar surface area (TPSA) is 107 Å². The molecule has 0 saturated carbocycles. The van der Waals surface area contributed by atoms with E-state index in [0.717, 1.165) is 5.56 Å². The van der Waals surface area contributed by atoms with Gasteiger partial charge in [-0.2, -0.15) is 0 Å². The fourth-order valence-corrected chi connectivity index (χ4v) is 2.17. The summed E-state index contributed by atoms with van der Waals surface area (Å²) < 4.78 is 4.79. The summed E-state index contributed by atoms with van der Waals surface area (Å²) >= 11 is 1.37. The minimum Gasteiger partial charge on any atom is -0.465 e. The van der Waals surface area contributed by atoms with Gasteiger partial charge in [0.2, 0.25) is 0 Å². The van der Waals surface area contributed by atoms with E-state index < -0.39 is 4.92 Å². The van der Waals surface area contributed by atoms with E-state index in [-0.39, 0.29) is 23.1 Å². The van der Waals surface area contributed by atoms with Crippen molar-refractivity contribution >= 4 is 29.1 Å². The lowest BCUT2D eigenvalue weighted by Crippen LogP contribution is -2.09. The highest BCUT2D eigenvalue weighted by molar-refractivity contribution is 7.99. The number of ether oxygens (including phenoxy) is 1. The van der Waals surface area contributed by atoms with E-state index in [1.165, 1.54) is 17.8 Å². The zero-order valence-electron chi connectivity index (χ0n) is 10.4. The normalized spacial score (nSPS) is 10.0. The number of anilines is 1. The van der Waals surface area contributed by atoms with Crippen LogP contribution in [0.5, 0.6) is 0 Å². The summed E-state index contributed by atoms with van der Waals surface area (Å²) in [6, 6.07) is 4.61. The lowest BCUT2D eigenvalue weighted by atomic mass is 10.2. The standard InChI is InChI=1S/C11H15N3O4S/c1-2-18-11(15)7-19-6-8-3-4-10(14(16)17)9(5-8)13-12/h3-5,13H,2,6-7,12H2,1H3. The fourth-order valence-electron chi connectivity index (χ4n) is 1.40. The average molecular weight is 285 g/mol. The maximum Gasteiger partial charge on any atom is 0.315 e. The van der Waals surface area contributed by atoms with E-state index in [1.807, 2.05) is 0 Å². The second-order valence-corrected chi connectivity index (χ2v) is 4.54. The number of nitrogens with zero attached hydrogens (tertiary/aromatic N) is 1. The summed E-state index contributed by atoms with van der Waals surface area (Å²) in [4.78, 5) is 21.3. The maximum atomic E-state index is 11.1. The van der Waals surface area contributed by atoms with E-state index in [9.17, 15) is 14.9 Å². The van der Waals surface area contributed by atoms with Gasteiger partial charge in [0.25, 0.3) is 5.69 Å². The Morgan fingerprint density at radius 2 is 2.32 bits per heavy atom. The maximum absolute atomic E-state index is 11.1. The molecule has 7 nitrogen and oxygen atoms in total. The van der Waals surface area contributed by atoms with Crippen LogP contribution in [0.15, 0.2) is 18.2 Å². The second-order valence-electron chi connectivity index (χ2n) is 3.55. The zero-order chi connectivity index (χ0) is 14.3. The number of nitro groups is 1. The number of thioether (sulfide) groups is 1. The van der Waals surface area contributed by atoms with Gasteiger partial charge in [-0.05, 0) is 18.6 Å². The number of hydrazine groups is 1. The van der Waals surface area contributed by atoms with Gasteiger partial charge in [-0.3, -0.25) is 20.8 Å². The molecule has 0 aromatic heterocycles. The molecule has 1 aromatic rings. The number of benzene rings is 1. The van der Waals surface area contributed by atoms with Crippen molar-refractivity contribution in [2.75, 3.05) is 17.8 Å². The molecule has 0 aliphatic heterocycles. The minimum atomic E-state index is -0.509. The third kappa shape index (κ3) is 4.76. The number of nitrogens with one attached hydrogen (secondary N) is 1. The Hall–Kier alpha value is -1.80. The number of hydrogen-bond donors (Lipinski definition) is 2. The van der Waals surface area contributed by atoms with Gasteiger partial charge >= 0.3 is 5.97 Å². The molecule has 0 spiro atoms. The van der Waals surface area contributed by atoms with Crippen LogP contribution in [0, 0.1) is 10.1 Å². The van der Waals surface area contributed by atoms with Gasteiger partial charge < -0.3 is 10.2 Å². The van der Waals surface area contributed by atoms with Crippen LogP contribution in [0.25, 0.3) is 0 Å². The highest BCUT2D eigenvalue weighted by atomic mass is 32.2. The SMILES string of the molecule is CCOC(=O)CSCc1ccc([N+](=O)[O-])c(NN)c1. The number of nitro benzene ring substituents is 1. The molecule has 3 N–H and O–H groups in total. The molecule has 0 amide bonds. The van der Waals surface area contributed by atoms with Gasteiger partial charge in [-0.25, -0.2) is 0 Å². The molecule has 0 atom stereocenters. The van der Waals surface area contributed by atoms with E-state index in [0.29, 0.717) is 12.4 Å². The number of nitrogens with two attached hydrogens (primary N) is 1. The van der Waals surface area contributed by atoms with Gasteiger partial charge in [0.05, 0.1) is 17.3 Å². The molecule has 0 aliphatic rings. The van der Waals surface area contributed by atoms with Crippen LogP contribution in [0.4, 0.5) is 11.4 Å². The third-order valence-electron chi connectivity index (χ3n) is 2.21. The highest BCUT2D eigenvalue weighted by Crippen LogP contribution is 2.26. The van der Waals surface area contributed by atoms with Gasteiger partial charge in [0.1, 0.15) is 5.69 Å². The van der Waals surface area contributed by atoms with Crippen molar-refractivity contribution in [2.45, 2.75) is 12.7 Å². The molecule has 0 saturated heterocycles. The van der Waals surface area contributed by atoms with Crippen molar-refractivity contribution in [3.8, 4) is 0 Å². The van der Waals surface area contributed by atoms with Crippen LogP contribution in [0.3, 0.4) is 0 Å². The molecule has 0 bridgehead atoms. The van der Waals surface area contributed by atoms with Gasteiger partial charge in [-0.15, -0.1) is 11.8 Å². The molecule has 1 rings (SSSR count). The van der Waals surface area contributed by atoms with E-state index in [4.69, 9.17) is 10.6 Å². The largest absolute Gasteiger partial charge is 0.465 e. The Bertz CT molecular complexity index is 467. The number of hydrogen-bond acceptors (Lipinski definition) is 7. The lowest BCUT2D eigenvalue weighted by molar-refractivity contribution is -0.384. The summed E-state index contributed by atoms with van der Waals surface area (Å²) in [6.07, 6.45) is 0. The Kier molecular flexibility index (Phi) is 6.10.